The van der Waals surface area contributed by atoms with Crippen LogP contribution < -0.4 is 5.32 Å². The summed E-state index contributed by atoms with van der Waals surface area (Å²) in [6, 6.07) is 4.59. The Kier molecular flexibility index (Phi) is 3.65. The number of aryl methyl sites for hydroxylation is 2. The van der Waals surface area contributed by atoms with E-state index in [-0.39, 0.29) is 0 Å². The van der Waals surface area contributed by atoms with Gasteiger partial charge in [0, 0.05) is 0 Å². The fourth-order valence-electron chi connectivity index (χ4n) is 2.60. The van der Waals surface area contributed by atoms with Crippen molar-refractivity contribution < 1.29 is 0 Å². The van der Waals surface area contributed by atoms with Crippen LogP contribution in [0.5, 0.6) is 0 Å². The topological polar surface area (TPSA) is 12.0 Å². The fraction of sp³-hybridized carbons (Fsp3) is 0.600. The van der Waals surface area contributed by atoms with Crippen molar-refractivity contribution in [2.75, 3.05) is 13.1 Å². The Morgan fingerprint density at radius 1 is 1.19 bits per heavy atom. The second-order valence-corrected chi connectivity index (χ2v) is 5.19. The van der Waals surface area contributed by atoms with Crippen LogP contribution in [0.15, 0.2) is 12.1 Å². The molecular weight excluding hydrogens is 194 g/mol. The van der Waals surface area contributed by atoms with Gasteiger partial charge in [-0.25, -0.2) is 0 Å². The standard InChI is InChI=1S/C15H23N/c1-11-4-6-15(13(3)12(11)2)7-5-14-8-9-16-10-14/h4,6,14,16H,5,7-10H2,1-3H3. The maximum atomic E-state index is 3.44. The second-order valence-electron chi connectivity index (χ2n) is 5.19. The molecule has 1 heteroatoms. The van der Waals surface area contributed by atoms with Crippen LogP contribution in [0.2, 0.25) is 0 Å². The molecule has 1 aromatic carbocycles. The van der Waals surface area contributed by atoms with Crippen molar-refractivity contribution in [2.24, 2.45) is 5.92 Å². The molecule has 1 heterocycles. The molecule has 1 atom stereocenters. The van der Waals surface area contributed by atoms with Crippen molar-refractivity contribution >= 4 is 0 Å². The summed E-state index contributed by atoms with van der Waals surface area (Å²) in [7, 11) is 0. The average Bonchev–Trinajstić information content (AvgIpc) is 2.78. The third kappa shape index (κ3) is 2.46. The maximum Gasteiger partial charge on any atom is -0.00199 e. The highest BCUT2D eigenvalue weighted by molar-refractivity contribution is 5.38. The summed E-state index contributed by atoms with van der Waals surface area (Å²) in [5.41, 5.74) is 5.95. The molecule has 0 spiro atoms. The van der Waals surface area contributed by atoms with Crippen LogP contribution >= 0.6 is 0 Å². The molecule has 1 nitrogen and oxygen atoms in total. The summed E-state index contributed by atoms with van der Waals surface area (Å²) in [4.78, 5) is 0. The van der Waals surface area contributed by atoms with Gasteiger partial charge in [-0.05, 0) is 81.3 Å². The number of nitrogens with one attached hydrogen (secondary N) is 1. The lowest BCUT2D eigenvalue weighted by Crippen LogP contribution is -2.09. The van der Waals surface area contributed by atoms with Crippen molar-refractivity contribution in [1.29, 1.82) is 0 Å². The minimum atomic E-state index is 0.904. The SMILES string of the molecule is Cc1ccc(CCC2CCNC2)c(C)c1C. The number of hydrogen-bond donors (Lipinski definition) is 1. The molecule has 1 unspecified atom stereocenters. The van der Waals surface area contributed by atoms with Crippen LogP contribution in [0.1, 0.15) is 35.1 Å². The van der Waals surface area contributed by atoms with Gasteiger partial charge in [0.15, 0.2) is 0 Å². The Morgan fingerprint density at radius 3 is 2.69 bits per heavy atom. The zero-order valence-electron chi connectivity index (χ0n) is 10.8. The first-order valence-electron chi connectivity index (χ1n) is 6.45. The highest BCUT2D eigenvalue weighted by Gasteiger charge is 2.14. The van der Waals surface area contributed by atoms with Crippen molar-refractivity contribution in [2.45, 2.75) is 40.0 Å². The quantitative estimate of drug-likeness (QED) is 0.820. The largest absolute Gasteiger partial charge is 0.316 e. The van der Waals surface area contributed by atoms with Gasteiger partial charge in [0.2, 0.25) is 0 Å². The van der Waals surface area contributed by atoms with E-state index >= 15 is 0 Å². The molecule has 0 aliphatic carbocycles. The smallest absolute Gasteiger partial charge is 0.00199 e. The van der Waals surface area contributed by atoms with Crippen LogP contribution in [0.25, 0.3) is 0 Å². The van der Waals surface area contributed by atoms with E-state index in [0.29, 0.717) is 0 Å². The maximum absolute atomic E-state index is 3.44. The summed E-state index contributed by atoms with van der Waals surface area (Å²) in [5.74, 6) is 0.904. The normalized spacial score (nSPS) is 20.3. The summed E-state index contributed by atoms with van der Waals surface area (Å²) in [5, 5.41) is 3.44. The molecular formula is C15H23N. The molecule has 1 N–H and O–H groups in total. The summed E-state index contributed by atoms with van der Waals surface area (Å²) < 4.78 is 0. The minimum Gasteiger partial charge on any atom is -0.316 e. The van der Waals surface area contributed by atoms with Gasteiger partial charge in [-0.3, -0.25) is 0 Å². The van der Waals surface area contributed by atoms with E-state index in [1.807, 2.05) is 0 Å². The molecule has 1 aliphatic heterocycles. The lowest BCUT2D eigenvalue weighted by Gasteiger charge is -2.13. The van der Waals surface area contributed by atoms with Crippen LogP contribution in [0.3, 0.4) is 0 Å². The van der Waals surface area contributed by atoms with E-state index in [2.05, 4.69) is 38.2 Å². The summed E-state index contributed by atoms with van der Waals surface area (Å²) >= 11 is 0. The van der Waals surface area contributed by atoms with Crippen molar-refractivity contribution in [3.63, 3.8) is 0 Å². The van der Waals surface area contributed by atoms with Gasteiger partial charge >= 0.3 is 0 Å². The molecule has 0 bridgehead atoms. The van der Waals surface area contributed by atoms with E-state index in [1.165, 1.54) is 49.0 Å². The highest BCUT2D eigenvalue weighted by Crippen LogP contribution is 2.21. The number of benzene rings is 1. The Morgan fingerprint density at radius 2 is 2.00 bits per heavy atom. The second kappa shape index (κ2) is 5.01. The Hall–Kier alpha value is -0.820. The van der Waals surface area contributed by atoms with Gasteiger partial charge in [-0.1, -0.05) is 12.1 Å². The lowest BCUT2D eigenvalue weighted by atomic mass is 9.93. The van der Waals surface area contributed by atoms with Gasteiger partial charge in [0.25, 0.3) is 0 Å². The third-order valence-corrected chi connectivity index (χ3v) is 4.15. The van der Waals surface area contributed by atoms with Crippen LogP contribution in [-0.4, -0.2) is 13.1 Å². The first kappa shape index (κ1) is 11.7. The van der Waals surface area contributed by atoms with Gasteiger partial charge < -0.3 is 5.32 Å². The summed E-state index contributed by atoms with van der Waals surface area (Å²) in [6.07, 6.45) is 3.96. The molecule has 1 saturated heterocycles. The first-order chi connectivity index (χ1) is 7.68. The van der Waals surface area contributed by atoms with Crippen molar-refractivity contribution in [3.8, 4) is 0 Å². The third-order valence-electron chi connectivity index (χ3n) is 4.15. The predicted molar refractivity (Wildman–Crippen MR) is 70.0 cm³/mol. The van der Waals surface area contributed by atoms with Gasteiger partial charge in [-0.15, -0.1) is 0 Å². The monoisotopic (exact) mass is 217 g/mol. The molecule has 1 aromatic rings. The van der Waals surface area contributed by atoms with E-state index < -0.39 is 0 Å². The molecule has 2 rings (SSSR count). The molecule has 16 heavy (non-hydrogen) atoms. The van der Waals surface area contributed by atoms with Crippen LogP contribution in [0, 0.1) is 26.7 Å². The highest BCUT2D eigenvalue weighted by atomic mass is 14.9. The van der Waals surface area contributed by atoms with E-state index in [0.717, 1.165) is 5.92 Å². The Bertz CT molecular complexity index is 362. The fourth-order valence-corrected chi connectivity index (χ4v) is 2.60. The predicted octanol–water partition coefficient (Wildman–Crippen LogP) is 3.15. The van der Waals surface area contributed by atoms with Gasteiger partial charge in [0.05, 0.1) is 0 Å². The number of hydrogen-bond acceptors (Lipinski definition) is 1. The van der Waals surface area contributed by atoms with Gasteiger partial charge in [-0.2, -0.15) is 0 Å². The first-order valence-corrected chi connectivity index (χ1v) is 6.45. The molecule has 0 saturated carbocycles. The minimum absolute atomic E-state index is 0.904. The summed E-state index contributed by atoms with van der Waals surface area (Å²) in [6.45, 7) is 9.16. The Labute approximate surface area is 99.3 Å². The van der Waals surface area contributed by atoms with Crippen molar-refractivity contribution in [1.82, 2.24) is 5.32 Å². The molecule has 0 amide bonds. The number of rotatable bonds is 3. The molecule has 88 valence electrons. The zero-order valence-corrected chi connectivity index (χ0v) is 10.8. The van der Waals surface area contributed by atoms with Crippen LogP contribution in [-0.2, 0) is 6.42 Å². The molecule has 1 fully saturated rings. The van der Waals surface area contributed by atoms with E-state index in [4.69, 9.17) is 0 Å². The Balaban J connectivity index is 2.01. The molecule has 0 aromatic heterocycles. The molecule has 1 aliphatic rings. The zero-order chi connectivity index (χ0) is 11.5. The van der Waals surface area contributed by atoms with E-state index in [1.54, 1.807) is 5.56 Å². The van der Waals surface area contributed by atoms with Crippen LogP contribution in [0.4, 0.5) is 0 Å². The lowest BCUT2D eigenvalue weighted by molar-refractivity contribution is 0.532. The molecule has 0 radical (unpaired) electrons. The van der Waals surface area contributed by atoms with E-state index in [9.17, 15) is 0 Å². The average molecular weight is 217 g/mol. The van der Waals surface area contributed by atoms with Gasteiger partial charge in [0.1, 0.15) is 0 Å². The van der Waals surface area contributed by atoms with Crippen molar-refractivity contribution in [3.05, 3.63) is 34.4 Å².